The number of aromatic amines is 1. The molecule has 2 aromatic heterocycles. The number of para-hydroxylation sites is 1. The molecule has 2 atom stereocenters. The molecule has 2 unspecified atom stereocenters. The monoisotopic (exact) mass is 467 g/mol. The van der Waals surface area contributed by atoms with Crippen LogP contribution in [0, 0.1) is 6.92 Å². The third-order valence-electron chi connectivity index (χ3n) is 6.26. The standard InChI is InChI=1S/C25H24F3N5O/c1-15-6-8-16(9-7-15)20-12-22(25(26,27)28)33-23(31-20)13-21(32-33)24(34)29-11-10-17-14-30-19-5-3-2-4-18(17)19/h2-9,13-14,20,22,30-31H,10-12H2,1H3,(H,29,34). The smallest absolute Gasteiger partial charge is 0.363 e. The Labute approximate surface area is 194 Å². The highest BCUT2D eigenvalue weighted by atomic mass is 19.4. The summed E-state index contributed by atoms with van der Waals surface area (Å²) in [5.74, 6) is -0.322. The summed E-state index contributed by atoms with van der Waals surface area (Å²) in [6.07, 6.45) is -2.21. The third-order valence-corrected chi connectivity index (χ3v) is 6.26. The second kappa shape index (κ2) is 8.55. The molecule has 1 aliphatic heterocycles. The van der Waals surface area contributed by atoms with Gasteiger partial charge in [-0.1, -0.05) is 48.0 Å². The van der Waals surface area contributed by atoms with Gasteiger partial charge in [-0.25, -0.2) is 4.68 Å². The van der Waals surface area contributed by atoms with Crippen molar-refractivity contribution in [3.63, 3.8) is 0 Å². The molecule has 0 spiro atoms. The van der Waals surface area contributed by atoms with Crippen LogP contribution in [0.5, 0.6) is 0 Å². The maximum atomic E-state index is 13.9. The highest BCUT2D eigenvalue weighted by Crippen LogP contribution is 2.43. The van der Waals surface area contributed by atoms with Gasteiger partial charge in [0, 0.05) is 36.1 Å². The minimum absolute atomic E-state index is 0.0415. The Morgan fingerprint density at radius 1 is 1.18 bits per heavy atom. The molecule has 0 saturated heterocycles. The molecule has 0 radical (unpaired) electrons. The maximum absolute atomic E-state index is 13.9. The van der Waals surface area contributed by atoms with Crippen LogP contribution in [-0.2, 0) is 6.42 Å². The Kier molecular flexibility index (Phi) is 5.55. The number of H-pyrrole nitrogens is 1. The van der Waals surface area contributed by atoms with Gasteiger partial charge in [-0.15, -0.1) is 0 Å². The fraction of sp³-hybridized carbons (Fsp3) is 0.280. The van der Waals surface area contributed by atoms with Crippen LogP contribution in [0.3, 0.4) is 0 Å². The molecule has 3 heterocycles. The van der Waals surface area contributed by atoms with E-state index in [-0.39, 0.29) is 17.9 Å². The molecule has 4 aromatic rings. The van der Waals surface area contributed by atoms with E-state index in [1.807, 2.05) is 61.7 Å². The number of aromatic nitrogens is 3. The Morgan fingerprint density at radius 2 is 1.94 bits per heavy atom. The minimum Gasteiger partial charge on any atom is -0.363 e. The lowest BCUT2D eigenvalue weighted by Crippen LogP contribution is -2.35. The van der Waals surface area contributed by atoms with E-state index in [9.17, 15) is 18.0 Å². The normalized spacial score (nSPS) is 17.9. The summed E-state index contributed by atoms with van der Waals surface area (Å²) in [5, 5.41) is 11.0. The number of benzene rings is 2. The number of carbonyl (C=O) groups is 1. The fourth-order valence-electron chi connectivity index (χ4n) is 4.44. The summed E-state index contributed by atoms with van der Waals surface area (Å²) in [4.78, 5) is 15.9. The number of nitrogens with zero attached hydrogens (tertiary/aromatic N) is 2. The molecule has 0 fully saturated rings. The highest BCUT2D eigenvalue weighted by molar-refractivity contribution is 5.93. The van der Waals surface area contributed by atoms with E-state index in [1.54, 1.807) is 0 Å². The van der Waals surface area contributed by atoms with E-state index < -0.39 is 24.2 Å². The number of hydrogen-bond acceptors (Lipinski definition) is 3. The van der Waals surface area contributed by atoms with Crippen molar-refractivity contribution in [2.75, 3.05) is 11.9 Å². The third kappa shape index (κ3) is 4.25. The lowest BCUT2D eigenvalue weighted by molar-refractivity contribution is -0.173. The minimum atomic E-state index is -4.49. The van der Waals surface area contributed by atoms with Crippen LogP contribution in [0.25, 0.3) is 10.9 Å². The number of amides is 1. The molecule has 1 amide bonds. The molecule has 9 heteroatoms. The zero-order valence-corrected chi connectivity index (χ0v) is 18.5. The number of anilines is 1. The van der Waals surface area contributed by atoms with Gasteiger partial charge in [-0.2, -0.15) is 18.3 Å². The molecule has 2 aromatic carbocycles. The van der Waals surface area contributed by atoms with Crippen LogP contribution in [0.1, 0.15) is 45.7 Å². The van der Waals surface area contributed by atoms with Gasteiger partial charge in [0.2, 0.25) is 0 Å². The van der Waals surface area contributed by atoms with Crippen molar-refractivity contribution in [2.45, 2.75) is 38.0 Å². The first-order chi connectivity index (χ1) is 16.3. The van der Waals surface area contributed by atoms with E-state index in [0.717, 1.165) is 32.3 Å². The predicted molar refractivity (Wildman–Crippen MR) is 124 cm³/mol. The number of carbonyl (C=O) groups excluding carboxylic acids is 1. The van der Waals surface area contributed by atoms with E-state index in [2.05, 4.69) is 20.7 Å². The maximum Gasteiger partial charge on any atom is 0.410 e. The van der Waals surface area contributed by atoms with Gasteiger partial charge >= 0.3 is 6.18 Å². The first-order valence-electron chi connectivity index (χ1n) is 11.1. The number of alkyl halides is 3. The molecule has 6 nitrogen and oxygen atoms in total. The second-order valence-electron chi connectivity index (χ2n) is 8.63. The van der Waals surface area contributed by atoms with Gasteiger partial charge in [0.25, 0.3) is 5.91 Å². The average molecular weight is 467 g/mol. The number of fused-ring (bicyclic) bond motifs is 2. The van der Waals surface area contributed by atoms with Gasteiger partial charge in [0.1, 0.15) is 5.82 Å². The summed E-state index contributed by atoms with van der Waals surface area (Å²) in [6.45, 7) is 2.26. The van der Waals surface area contributed by atoms with Gasteiger partial charge in [-0.3, -0.25) is 4.79 Å². The Balaban J connectivity index is 1.32. The number of nitrogens with one attached hydrogen (secondary N) is 3. The molecule has 1 aliphatic rings. The lowest BCUT2D eigenvalue weighted by Gasteiger charge is -2.33. The molecule has 0 aliphatic carbocycles. The van der Waals surface area contributed by atoms with Crippen molar-refractivity contribution < 1.29 is 18.0 Å². The van der Waals surface area contributed by atoms with Crippen LogP contribution in [0.15, 0.2) is 60.8 Å². The number of halogens is 3. The van der Waals surface area contributed by atoms with Crippen molar-refractivity contribution in [1.29, 1.82) is 0 Å². The first kappa shape index (κ1) is 22.1. The molecule has 0 bridgehead atoms. The van der Waals surface area contributed by atoms with Crippen LogP contribution in [0.4, 0.5) is 19.0 Å². The summed E-state index contributed by atoms with van der Waals surface area (Å²) in [7, 11) is 0. The summed E-state index contributed by atoms with van der Waals surface area (Å²) >= 11 is 0. The van der Waals surface area contributed by atoms with E-state index in [4.69, 9.17) is 0 Å². The first-order valence-corrected chi connectivity index (χ1v) is 11.1. The van der Waals surface area contributed by atoms with Gasteiger partial charge in [-0.05, 0) is 30.5 Å². The average Bonchev–Trinajstić information content (AvgIpc) is 3.42. The quantitative estimate of drug-likeness (QED) is 0.373. The Morgan fingerprint density at radius 3 is 2.71 bits per heavy atom. The number of rotatable bonds is 5. The van der Waals surface area contributed by atoms with Gasteiger partial charge in [0.05, 0.1) is 6.04 Å². The molecular weight excluding hydrogens is 443 g/mol. The highest BCUT2D eigenvalue weighted by Gasteiger charge is 2.46. The number of aryl methyl sites for hydroxylation is 1. The van der Waals surface area contributed by atoms with Crippen LogP contribution in [0.2, 0.25) is 0 Å². The molecule has 34 heavy (non-hydrogen) atoms. The fourth-order valence-corrected chi connectivity index (χ4v) is 4.44. The summed E-state index contributed by atoms with van der Waals surface area (Å²) in [5.41, 5.74) is 3.82. The topological polar surface area (TPSA) is 74.7 Å². The van der Waals surface area contributed by atoms with Crippen molar-refractivity contribution in [3.8, 4) is 0 Å². The Bertz CT molecular complexity index is 1320. The summed E-state index contributed by atoms with van der Waals surface area (Å²) < 4.78 is 42.5. The lowest BCUT2D eigenvalue weighted by atomic mass is 9.96. The molecule has 0 saturated carbocycles. The zero-order chi connectivity index (χ0) is 23.9. The Hall–Kier alpha value is -3.75. The SMILES string of the molecule is Cc1ccc(C2CC(C(F)(F)F)n3nc(C(=O)NCCc4c[nH]c5ccccc45)cc3N2)cc1. The van der Waals surface area contributed by atoms with Crippen LogP contribution < -0.4 is 10.6 Å². The number of hydrogen-bond donors (Lipinski definition) is 3. The predicted octanol–water partition coefficient (Wildman–Crippen LogP) is 5.31. The molecular formula is C25H24F3N5O. The van der Waals surface area contributed by atoms with Crippen molar-refractivity contribution >= 4 is 22.6 Å². The summed E-state index contributed by atoms with van der Waals surface area (Å²) in [6, 6.07) is 14.3. The van der Waals surface area contributed by atoms with Gasteiger partial charge in [0.15, 0.2) is 11.7 Å². The van der Waals surface area contributed by atoms with Gasteiger partial charge < -0.3 is 15.6 Å². The van der Waals surface area contributed by atoms with E-state index in [0.29, 0.717) is 13.0 Å². The van der Waals surface area contributed by atoms with E-state index in [1.165, 1.54) is 6.07 Å². The molecule has 3 N–H and O–H groups in total. The van der Waals surface area contributed by atoms with Crippen LogP contribution >= 0.6 is 0 Å². The van der Waals surface area contributed by atoms with Crippen molar-refractivity contribution in [1.82, 2.24) is 20.1 Å². The van der Waals surface area contributed by atoms with Crippen molar-refractivity contribution in [2.24, 2.45) is 0 Å². The van der Waals surface area contributed by atoms with Crippen molar-refractivity contribution in [3.05, 3.63) is 83.2 Å². The van der Waals surface area contributed by atoms with E-state index >= 15 is 0 Å². The largest absolute Gasteiger partial charge is 0.410 e. The zero-order valence-electron chi connectivity index (χ0n) is 18.5. The molecule has 176 valence electrons. The van der Waals surface area contributed by atoms with Crippen LogP contribution in [-0.4, -0.2) is 33.4 Å². The second-order valence-corrected chi connectivity index (χ2v) is 8.63. The molecule has 5 rings (SSSR count).